The van der Waals surface area contributed by atoms with E-state index in [2.05, 4.69) is 4.74 Å². The molecule has 3 N–H and O–H groups in total. The van der Waals surface area contributed by atoms with E-state index in [1.54, 1.807) is 30.3 Å². The second kappa shape index (κ2) is 6.97. The number of aliphatic hydroxyl groups is 1. The van der Waals surface area contributed by atoms with Gasteiger partial charge >= 0.3 is 6.36 Å². The summed E-state index contributed by atoms with van der Waals surface area (Å²) in [4.78, 5) is 0. The van der Waals surface area contributed by atoms with Gasteiger partial charge in [0, 0.05) is 12.0 Å². The first-order valence-electron chi connectivity index (χ1n) is 6.79. The molecule has 23 heavy (non-hydrogen) atoms. The molecule has 0 aliphatic heterocycles. The molecule has 0 amide bonds. The molecule has 0 heterocycles. The molecule has 0 saturated carbocycles. The molecule has 0 bridgehead atoms. The fourth-order valence-corrected chi connectivity index (χ4v) is 2.16. The Kier molecular flexibility index (Phi) is 5.23. The SMILES string of the molecule is N[C@@H](c1cc(OC(F)(F)F)ccc1F)[C@H](O)Cc1ccccc1. The topological polar surface area (TPSA) is 55.5 Å². The van der Waals surface area contributed by atoms with Crippen LogP contribution in [-0.4, -0.2) is 17.6 Å². The van der Waals surface area contributed by atoms with Crippen LogP contribution < -0.4 is 10.5 Å². The molecule has 0 saturated heterocycles. The molecule has 0 spiro atoms. The Morgan fingerprint density at radius 3 is 2.35 bits per heavy atom. The van der Waals surface area contributed by atoms with E-state index < -0.39 is 30.1 Å². The predicted molar refractivity (Wildman–Crippen MR) is 76.2 cm³/mol. The molecular formula is C16H15F4NO2. The van der Waals surface area contributed by atoms with E-state index in [-0.39, 0.29) is 12.0 Å². The molecule has 2 aromatic carbocycles. The van der Waals surface area contributed by atoms with Gasteiger partial charge in [-0.3, -0.25) is 0 Å². The highest BCUT2D eigenvalue weighted by Gasteiger charge is 2.32. The van der Waals surface area contributed by atoms with Crippen molar-refractivity contribution in [2.75, 3.05) is 0 Å². The van der Waals surface area contributed by atoms with E-state index in [1.165, 1.54) is 0 Å². The first-order chi connectivity index (χ1) is 10.8. The maximum atomic E-state index is 13.8. The van der Waals surface area contributed by atoms with Crippen LogP contribution in [0.4, 0.5) is 17.6 Å². The lowest BCUT2D eigenvalue weighted by atomic mass is 9.96. The molecule has 0 aliphatic rings. The second-order valence-electron chi connectivity index (χ2n) is 5.01. The molecule has 2 aromatic rings. The van der Waals surface area contributed by atoms with Crippen molar-refractivity contribution >= 4 is 0 Å². The molecule has 0 radical (unpaired) electrons. The zero-order chi connectivity index (χ0) is 17.0. The third-order valence-electron chi connectivity index (χ3n) is 3.26. The van der Waals surface area contributed by atoms with Gasteiger partial charge in [-0.05, 0) is 23.8 Å². The minimum absolute atomic E-state index is 0.145. The van der Waals surface area contributed by atoms with Gasteiger partial charge in [0.1, 0.15) is 11.6 Å². The monoisotopic (exact) mass is 329 g/mol. The normalized spacial score (nSPS) is 14.3. The average Bonchev–Trinajstić information content (AvgIpc) is 2.48. The largest absolute Gasteiger partial charge is 0.573 e. The number of nitrogens with two attached hydrogens (primary N) is 1. The summed E-state index contributed by atoms with van der Waals surface area (Å²) in [6.45, 7) is 0. The zero-order valence-corrected chi connectivity index (χ0v) is 11.9. The maximum Gasteiger partial charge on any atom is 0.573 e. The fraction of sp³-hybridized carbons (Fsp3) is 0.250. The van der Waals surface area contributed by atoms with Crippen molar-refractivity contribution in [1.29, 1.82) is 0 Å². The number of halogens is 4. The molecular weight excluding hydrogens is 314 g/mol. The van der Waals surface area contributed by atoms with Gasteiger partial charge in [0.25, 0.3) is 0 Å². The molecule has 0 aromatic heterocycles. The summed E-state index contributed by atoms with van der Waals surface area (Å²) in [6.07, 6.45) is -5.90. The molecule has 3 nitrogen and oxygen atoms in total. The lowest BCUT2D eigenvalue weighted by Gasteiger charge is -2.21. The Bertz CT molecular complexity index is 646. The second-order valence-corrected chi connectivity index (χ2v) is 5.01. The predicted octanol–water partition coefficient (Wildman–Crippen LogP) is 3.33. The van der Waals surface area contributed by atoms with Crippen LogP contribution in [0.3, 0.4) is 0 Å². The van der Waals surface area contributed by atoms with Gasteiger partial charge in [0.05, 0.1) is 12.1 Å². The van der Waals surface area contributed by atoms with Crippen LogP contribution in [0.5, 0.6) is 5.75 Å². The Morgan fingerprint density at radius 2 is 1.74 bits per heavy atom. The van der Waals surface area contributed by atoms with Gasteiger partial charge in [-0.2, -0.15) is 0 Å². The summed E-state index contributed by atoms with van der Waals surface area (Å²) >= 11 is 0. The smallest absolute Gasteiger partial charge is 0.406 e. The molecule has 2 atom stereocenters. The Morgan fingerprint density at radius 1 is 1.09 bits per heavy atom. The third kappa shape index (κ3) is 4.94. The van der Waals surface area contributed by atoms with Gasteiger partial charge in [-0.25, -0.2) is 4.39 Å². The number of rotatable bonds is 5. The molecule has 0 aliphatic carbocycles. The van der Waals surface area contributed by atoms with E-state index in [9.17, 15) is 22.7 Å². The van der Waals surface area contributed by atoms with Crippen molar-refractivity contribution in [2.24, 2.45) is 5.73 Å². The highest BCUT2D eigenvalue weighted by molar-refractivity contribution is 5.33. The third-order valence-corrected chi connectivity index (χ3v) is 3.26. The lowest BCUT2D eigenvalue weighted by Crippen LogP contribution is -2.29. The van der Waals surface area contributed by atoms with Crippen LogP contribution >= 0.6 is 0 Å². The highest BCUT2D eigenvalue weighted by Crippen LogP contribution is 2.28. The molecule has 7 heteroatoms. The van der Waals surface area contributed by atoms with Gasteiger partial charge in [-0.15, -0.1) is 13.2 Å². The van der Waals surface area contributed by atoms with Gasteiger partial charge in [0.15, 0.2) is 0 Å². The quantitative estimate of drug-likeness (QED) is 0.828. The van der Waals surface area contributed by atoms with Crippen LogP contribution in [0.1, 0.15) is 17.2 Å². The van der Waals surface area contributed by atoms with E-state index in [4.69, 9.17) is 5.73 Å². The van der Waals surface area contributed by atoms with Crippen LogP contribution in [0.25, 0.3) is 0 Å². The van der Waals surface area contributed by atoms with E-state index in [1.807, 2.05) is 0 Å². The summed E-state index contributed by atoms with van der Waals surface area (Å²) in [5, 5.41) is 10.1. The Labute approximate surface area is 130 Å². The van der Waals surface area contributed by atoms with Gasteiger partial charge < -0.3 is 15.6 Å². The maximum absolute atomic E-state index is 13.8. The summed E-state index contributed by atoms with van der Waals surface area (Å²) in [6, 6.07) is 10.2. The molecule has 2 rings (SSSR count). The number of hydrogen-bond donors (Lipinski definition) is 2. The zero-order valence-electron chi connectivity index (χ0n) is 11.9. The summed E-state index contributed by atoms with van der Waals surface area (Å²) < 4.78 is 54.2. The minimum atomic E-state index is -4.89. The average molecular weight is 329 g/mol. The van der Waals surface area contributed by atoms with Crippen LogP contribution in [0, 0.1) is 5.82 Å². The molecule has 0 unspecified atom stereocenters. The van der Waals surface area contributed by atoms with Crippen molar-refractivity contribution in [3.63, 3.8) is 0 Å². The summed E-state index contributed by atoms with van der Waals surface area (Å²) in [5.41, 5.74) is 6.33. The minimum Gasteiger partial charge on any atom is -0.406 e. The Balaban J connectivity index is 2.17. The van der Waals surface area contributed by atoms with Gasteiger partial charge in [-0.1, -0.05) is 30.3 Å². The number of alkyl halides is 3. The fourth-order valence-electron chi connectivity index (χ4n) is 2.16. The summed E-state index contributed by atoms with van der Waals surface area (Å²) in [7, 11) is 0. The highest BCUT2D eigenvalue weighted by atomic mass is 19.4. The van der Waals surface area contributed by atoms with Crippen LogP contribution in [0.2, 0.25) is 0 Å². The standard InChI is InChI=1S/C16H15F4NO2/c17-13-7-6-11(23-16(18,19)20)9-12(13)15(21)14(22)8-10-4-2-1-3-5-10/h1-7,9,14-15,22H,8,21H2/t14-,15+/m1/s1. The molecule has 0 fully saturated rings. The lowest BCUT2D eigenvalue weighted by molar-refractivity contribution is -0.274. The van der Waals surface area contributed by atoms with Crippen molar-refractivity contribution in [2.45, 2.75) is 24.9 Å². The number of benzene rings is 2. The van der Waals surface area contributed by atoms with E-state index in [0.29, 0.717) is 0 Å². The van der Waals surface area contributed by atoms with Crippen LogP contribution in [-0.2, 0) is 6.42 Å². The van der Waals surface area contributed by atoms with Crippen molar-refractivity contribution in [3.8, 4) is 5.75 Å². The number of ether oxygens (including phenoxy) is 1. The first kappa shape index (κ1) is 17.2. The number of aliphatic hydroxyl groups excluding tert-OH is 1. The van der Waals surface area contributed by atoms with E-state index in [0.717, 1.165) is 23.8 Å². The Hall–Kier alpha value is -2.12. The first-order valence-corrected chi connectivity index (χ1v) is 6.79. The van der Waals surface area contributed by atoms with Gasteiger partial charge in [0.2, 0.25) is 0 Å². The van der Waals surface area contributed by atoms with Crippen molar-refractivity contribution in [3.05, 3.63) is 65.5 Å². The number of hydrogen-bond acceptors (Lipinski definition) is 3. The summed E-state index contributed by atoms with van der Waals surface area (Å²) in [5.74, 6) is -1.39. The van der Waals surface area contributed by atoms with Crippen LogP contribution in [0.15, 0.2) is 48.5 Å². The van der Waals surface area contributed by atoms with E-state index >= 15 is 0 Å². The van der Waals surface area contributed by atoms with Crippen molar-refractivity contribution < 1.29 is 27.4 Å². The van der Waals surface area contributed by atoms with Crippen molar-refractivity contribution in [1.82, 2.24) is 0 Å². The molecule has 124 valence electrons.